The van der Waals surface area contributed by atoms with Crippen molar-refractivity contribution in [2.45, 2.75) is 0 Å². The second-order valence-corrected chi connectivity index (χ2v) is 17.2. The second kappa shape index (κ2) is 15.9. The summed E-state index contributed by atoms with van der Waals surface area (Å²) in [6, 6.07) is 89.7. The van der Waals surface area contributed by atoms with Gasteiger partial charge in [-0.1, -0.05) is 133 Å². The Balaban J connectivity index is 0.981. The highest BCUT2D eigenvalue weighted by Gasteiger charge is 2.18. The minimum absolute atomic E-state index is 0.849. The number of rotatable bonds is 8. The first kappa shape index (κ1) is 38.5. The number of nitrogens with zero attached hydrogens (tertiary/aromatic N) is 4. The third-order valence-electron chi connectivity index (χ3n) is 13.3. The minimum atomic E-state index is 0.849. The Morgan fingerprint density at radius 2 is 0.746 bits per heavy atom. The van der Waals surface area contributed by atoms with Gasteiger partial charge in [-0.2, -0.15) is 0 Å². The Kier molecular flexibility index (Phi) is 9.14. The molecule has 0 fully saturated rings. The maximum absolute atomic E-state index is 5.23. The number of aromatic nitrogens is 3. The summed E-state index contributed by atoms with van der Waals surface area (Å²) in [4.78, 5) is 7.46. The Labute approximate surface area is 388 Å². The molecule has 0 unspecified atom stereocenters. The zero-order valence-electron chi connectivity index (χ0n) is 36.5. The first-order valence-corrected chi connectivity index (χ1v) is 22.9. The van der Waals surface area contributed by atoms with Crippen LogP contribution in [0.15, 0.2) is 255 Å². The van der Waals surface area contributed by atoms with E-state index in [2.05, 4.69) is 263 Å². The molecule has 3 heterocycles. The summed E-state index contributed by atoms with van der Waals surface area (Å²) in [6.45, 7) is 0. The number of anilines is 3. The van der Waals surface area contributed by atoms with Crippen molar-refractivity contribution in [2.75, 3.05) is 4.90 Å². The van der Waals surface area contributed by atoms with Crippen molar-refractivity contribution < 1.29 is 0 Å². The molecule has 0 radical (unpaired) electrons. The van der Waals surface area contributed by atoms with Crippen LogP contribution in [0.4, 0.5) is 17.2 Å². The van der Waals surface area contributed by atoms with Crippen LogP contribution < -0.4 is 4.90 Å². The summed E-state index contributed by atoms with van der Waals surface area (Å²) >= 11 is 0. The summed E-state index contributed by atoms with van der Waals surface area (Å²) in [5.74, 6) is 0.849. The van der Waals surface area contributed by atoms with Gasteiger partial charge in [-0.05, 0) is 154 Å². The molecule has 0 aliphatic rings. The van der Waals surface area contributed by atoms with Crippen molar-refractivity contribution in [3.05, 3.63) is 255 Å². The van der Waals surface area contributed by atoms with Gasteiger partial charge in [0.25, 0.3) is 0 Å². The van der Waals surface area contributed by atoms with E-state index in [0.29, 0.717) is 0 Å². The molecule has 0 aliphatic heterocycles. The molecule has 67 heavy (non-hydrogen) atoms. The Hall–Kier alpha value is -8.99. The zero-order chi connectivity index (χ0) is 44.3. The first-order valence-electron chi connectivity index (χ1n) is 22.9. The zero-order valence-corrected chi connectivity index (χ0v) is 36.5. The fourth-order valence-electron chi connectivity index (χ4n) is 10.1. The standard InChI is InChI=1S/C63H42N4/c1-4-18-51(19-5-1)65(54-32-28-43-16-10-11-17-44(43)39-54)63-35-31-47(42-64-63)50-37-48(45-29-33-61-57(40-45)55-24-12-14-26-59(55)66(61)52-20-6-2-7-21-52)36-49(38-50)46-30-34-62-58(41-46)56-25-13-15-27-60(56)67(62)53-22-8-3-9-23-53/h1-42H. The van der Waals surface area contributed by atoms with E-state index < -0.39 is 0 Å². The molecule has 0 aliphatic carbocycles. The van der Waals surface area contributed by atoms with Gasteiger partial charge in [0.15, 0.2) is 0 Å². The van der Waals surface area contributed by atoms with Crippen molar-refractivity contribution in [1.82, 2.24) is 14.1 Å². The minimum Gasteiger partial charge on any atom is -0.309 e. The van der Waals surface area contributed by atoms with Crippen molar-refractivity contribution in [3.63, 3.8) is 0 Å². The van der Waals surface area contributed by atoms with Crippen molar-refractivity contribution >= 4 is 71.6 Å². The topological polar surface area (TPSA) is 26.0 Å². The van der Waals surface area contributed by atoms with Crippen molar-refractivity contribution in [3.8, 4) is 44.8 Å². The molecule has 3 aromatic heterocycles. The van der Waals surface area contributed by atoms with E-state index in [1.165, 1.54) is 54.4 Å². The molecular weight excluding hydrogens is 813 g/mol. The van der Waals surface area contributed by atoms with Crippen LogP contribution in [0.5, 0.6) is 0 Å². The number of para-hydroxylation sites is 5. The van der Waals surface area contributed by atoms with E-state index in [-0.39, 0.29) is 0 Å². The lowest BCUT2D eigenvalue weighted by Crippen LogP contribution is -2.11. The summed E-state index contributed by atoms with van der Waals surface area (Å²) in [7, 11) is 0. The smallest absolute Gasteiger partial charge is 0.137 e. The van der Waals surface area contributed by atoms with Gasteiger partial charge in [0.1, 0.15) is 5.82 Å². The largest absolute Gasteiger partial charge is 0.309 e. The van der Waals surface area contributed by atoms with Crippen LogP contribution in [0.1, 0.15) is 0 Å². The van der Waals surface area contributed by atoms with Crippen LogP contribution in [0.3, 0.4) is 0 Å². The van der Waals surface area contributed by atoms with E-state index in [9.17, 15) is 0 Å². The fourth-order valence-corrected chi connectivity index (χ4v) is 10.1. The van der Waals surface area contributed by atoms with E-state index in [1.54, 1.807) is 0 Å². The van der Waals surface area contributed by atoms with Gasteiger partial charge in [-0.15, -0.1) is 0 Å². The quantitative estimate of drug-likeness (QED) is 0.152. The van der Waals surface area contributed by atoms with E-state index >= 15 is 0 Å². The third-order valence-corrected chi connectivity index (χ3v) is 13.3. The van der Waals surface area contributed by atoms with Crippen LogP contribution in [-0.4, -0.2) is 14.1 Å². The van der Waals surface area contributed by atoms with E-state index in [4.69, 9.17) is 4.98 Å². The van der Waals surface area contributed by atoms with Crippen LogP contribution in [0.2, 0.25) is 0 Å². The summed E-state index contributed by atoms with van der Waals surface area (Å²) < 4.78 is 4.75. The van der Waals surface area contributed by atoms with Gasteiger partial charge in [0, 0.05) is 56.1 Å². The molecule has 0 atom stereocenters. The van der Waals surface area contributed by atoms with E-state index in [1.807, 2.05) is 6.20 Å². The summed E-state index contributed by atoms with van der Waals surface area (Å²) in [5.41, 5.74) is 15.9. The van der Waals surface area contributed by atoms with Gasteiger partial charge in [-0.3, -0.25) is 4.90 Å². The summed E-state index contributed by atoms with van der Waals surface area (Å²) in [6.07, 6.45) is 2.03. The molecule has 0 saturated carbocycles. The molecule has 0 spiro atoms. The Morgan fingerprint density at radius 3 is 1.30 bits per heavy atom. The van der Waals surface area contributed by atoms with Gasteiger partial charge in [0.2, 0.25) is 0 Å². The lowest BCUT2D eigenvalue weighted by molar-refractivity contribution is 1.18. The number of pyridine rings is 1. The fraction of sp³-hybridized carbons (Fsp3) is 0. The number of hydrogen-bond acceptors (Lipinski definition) is 2. The molecule has 0 amide bonds. The van der Waals surface area contributed by atoms with Gasteiger partial charge in [-0.25, -0.2) is 4.98 Å². The van der Waals surface area contributed by atoms with Crippen molar-refractivity contribution in [1.29, 1.82) is 0 Å². The van der Waals surface area contributed by atoms with Crippen molar-refractivity contribution in [2.24, 2.45) is 0 Å². The molecule has 314 valence electrons. The molecule has 13 rings (SSSR count). The predicted octanol–water partition coefficient (Wildman–Crippen LogP) is 16.9. The second-order valence-electron chi connectivity index (χ2n) is 17.2. The van der Waals surface area contributed by atoms with Gasteiger partial charge in [0.05, 0.1) is 22.1 Å². The van der Waals surface area contributed by atoms with Gasteiger partial charge < -0.3 is 9.13 Å². The van der Waals surface area contributed by atoms with Crippen LogP contribution in [0, 0.1) is 0 Å². The molecule has 4 heteroatoms. The molecule has 10 aromatic carbocycles. The van der Waals surface area contributed by atoms with Crippen LogP contribution in [-0.2, 0) is 0 Å². The Morgan fingerprint density at radius 1 is 0.284 bits per heavy atom. The Bertz CT molecular complexity index is 3790. The maximum Gasteiger partial charge on any atom is 0.137 e. The molecule has 0 N–H and O–H groups in total. The van der Waals surface area contributed by atoms with Crippen LogP contribution in [0.25, 0.3) is 99.1 Å². The monoisotopic (exact) mass is 854 g/mol. The first-order chi connectivity index (χ1) is 33.2. The maximum atomic E-state index is 5.23. The molecule has 13 aromatic rings. The highest BCUT2D eigenvalue weighted by atomic mass is 15.2. The summed E-state index contributed by atoms with van der Waals surface area (Å²) in [5, 5.41) is 7.30. The average Bonchev–Trinajstić information content (AvgIpc) is 3.92. The molecule has 4 nitrogen and oxygen atoms in total. The normalized spacial score (nSPS) is 11.6. The lowest BCUT2D eigenvalue weighted by atomic mass is 9.92. The van der Waals surface area contributed by atoms with E-state index in [0.717, 1.165) is 61.9 Å². The third kappa shape index (κ3) is 6.65. The molecule has 0 bridgehead atoms. The number of fused-ring (bicyclic) bond motifs is 7. The lowest BCUT2D eigenvalue weighted by Gasteiger charge is -2.25. The average molecular weight is 855 g/mol. The SMILES string of the molecule is c1ccc(N(c2ccc3ccccc3c2)c2ccc(-c3cc(-c4ccc5c(c4)c4ccccc4n5-c4ccccc4)cc(-c4ccc5c(c4)c4ccccc4n5-c4ccccc4)c3)cn2)cc1. The molecule has 0 saturated heterocycles. The number of hydrogen-bond donors (Lipinski definition) is 0. The highest BCUT2D eigenvalue weighted by molar-refractivity contribution is 6.12. The highest BCUT2D eigenvalue weighted by Crippen LogP contribution is 2.41. The van der Waals surface area contributed by atoms with Crippen LogP contribution >= 0.6 is 0 Å². The van der Waals surface area contributed by atoms with Gasteiger partial charge >= 0.3 is 0 Å². The number of benzene rings is 10. The predicted molar refractivity (Wildman–Crippen MR) is 281 cm³/mol. The molecular formula is C63H42N4.